The van der Waals surface area contributed by atoms with E-state index in [4.69, 9.17) is 23.2 Å². The largest absolute Gasteiger partial charge is 0.271 e. The smallest absolute Gasteiger partial charge is 0.262 e. The highest BCUT2D eigenvalue weighted by atomic mass is 35.5. The van der Waals surface area contributed by atoms with Crippen LogP contribution >= 0.6 is 23.2 Å². The van der Waals surface area contributed by atoms with Crippen molar-refractivity contribution in [1.29, 1.82) is 0 Å². The molecular formula is C3H3Cl2NO. The van der Waals surface area contributed by atoms with Gasteiger partial charge in [-0.1, -0.05) is 23.2 Å². The van der Waals surface area contributed by atoms with Gasteiger partial charge in [-0.3, -0.25) is 5.48 Å². The average molecular weight is 140 g/mol. The Balaban J connectivity index is 2.57. The summed E-state index contributed by atoms with van der Waals surface area (Å²) in [6.45, 7) is 0. The van der Waals surface area contributed by atoms with Crippen molar-refractivity contribution in [2.45, 2.75) is 4.52 Å². The summed E-state index contributed by atoms with van der Waals surface area (Å²) in [6, 6.07) is 0. The van der Waals surface area contributed by atoms with Crippen molar-refractivity contribution in [3.05, 3.63) is 12.3 Å². The van der Waals surface area contributed by atoms with Gasteiger partial charge in [0, 0.05) is 6.20 Å². The molecule has 1 rings (SSSR count). The Labute approximate surface area is 51.0 Å². The topological polar surface area (TPSA) is 21.3 Å². The minimum absolute atomic E-state index is 1.15. The number of alkyl halides is 2. The highest BCUT2D eigenvalue weighted by Crippen LogP contribution is 2.25. The van der Waals surface area contributed by atoms with E-state index >= 15 is 0 Å². The van der Waals surface area contributed by atoms with Gasteiger partial charge in [0.15, 0.2) is 0 Å². The molecule has 4 heteroatoms. The van der Waals surface area contributed by atoms with Crippen LogP contribution in [0.1, 0.15) is 0 Å². The first-order chi connectivity index (χ1) is 3.21. The van der Waals surface area contributed by atoms with Crippen LogP contribution in [0.15, 0.2) is 12.3 Å². The molecule has 1 heterocycles. The van der Waals surface area contributed by atoms with Crippen LogP contribution in [0, 0.1) is 0 Å². The maximum absolute atomic E-state index is 5.36. The van der Waals surface area contributed by atoms with E-state index in [1.54, 1.807) is 0 Å². The lowest BCUT2D eigenvalue weighted by Crippen LogP contribution is -2.13. The monoisotopic (exact) mass is 139 g/mol. The minimum atomic E-state index is -1.15. The molecule has 0 aromatic heterocycles. The maximum atomic E-state index is 5.36. The van der Waals surface area contributed by atoms with Crippen LogP contribution in [0.25, 0.3) is 0 Å². The molecule has 0 aliphatic carbocycles. The van der Waals surface area contributed by atoms with Crippen LogP contribution in [-0.2, 0) is 4.84 Å². The zero-order valence-electron chi connectivity index (χ0n) is 3.32. The lowest BCUT2D eigenvalue weighted by Gasteiger charge is -2.04. The van der Waals surface area contributed by atoms with E-state index in [1.165, 1.54) is 12.3 Å². The molecule has 0 fully saturated rings. The molecule has 0 atom stereocenters. The molecular weight excluding hydrogens is 137 g/mol. The first kappa shape index (κ1) is 5.22. The highest BCUT2D eigenvalue weighted by Gasteiger charge is 2.24. The molecule has 0 bridgehead atoms. The standard InChI is InChI=1S/C3H3Cl2NO/c4-3(5)1-2-6-7-3/h1-2,6H. The van der Waals surface area contributed by atoms with Crippen molar-refractivity contribution in [3.8, 4) is 0 Å². The van der Waals surface area contributed by atoms with E-state index in [0.717, 1.165) is 0 Å². The molecule has 0 amide bonds. The number of hydroxylamine groups is 1. The molecule has 1 aliphatic rings. The van der Waals surface area contributed by atoms with Crippen molar-refractivity contribution < 1.29 is 4.84 Å². The quantitative estimate of drug-likeness (QED) is 0.510. The summed E-state index contributed by atoms with van der Waals surface area (Å²) >= 11 is 10.7. The van der Waals surface area contributed by atoms with E-state index in [9.17, 15) is 0 Å². The fraction of sp³-hybridized carbons (Fsp3) is 0.333. The van der Waals surface area contributed by atoms with Crippen molar-refractivity contribution in [1.82, 2.24) is 5.48 Å². The summed E-state index contributed by atoms with van der Waals surface area (Å²) in [5, 5.41) is 0. The van der Waals surface area contributed by atoms with Gasteiger partial charge in [-0.05, 0) is 6.08 Å². The summed E-state index contributed by atoms with van der Waals surface area (Å²) in [5.74, 6) is 0. The lowest BCUT2D eigenvalue weighted by atomic mass is 10.7. The van der Waals surface area contributed by atoms with E-state index in [-0.39, 0.29) is 0 Å². The van der Waals surface area contributed by atoms with Crippen LogP contribution < -0.4 is 5.48 Å². The number of rotatable bonds is 0. The first-order valence-corrected chi connectivity index (χ1v) is 2.45. The zero-order valence-corrected chi connectivity index (χ0v) is 4.83. The van der Waals surface area contributed by atoms with Crippen LogP contribution in [-0.4, -0.2) is 4.52 Å². The van der Waals surface area contributed by atoms with Crippen LogP contribution in [0.4, 0.5) is 0 Å². The number of hydrogen-bond donors (Lipinski definition) is 1. The second-order valence-corrected chi connectivity index (χ2v) is 2.43. The summed E-state index contributed by atoms with van der Waals surface area (Å²) in [6.07, 6.45) is 3.02. The van der Waals surface area contributed by atoms with Gasteiger partial charge >= 0.3 is 0 Å². The first-order valence-electron chi connectivity index (χ1n) is 1.70. The van der Waals surface area contributed by atoms with Gasteiger partial charge in [-0.2, -0.15) is 0 Å². The SMILES string of the molecule is ClC1(Cl)C=CNO1. The van der Waals surface area contributed by atoms with E-state index in [1.807, 2.05) is 0 Å². The Morgan fingerprint density at radius 2 is 2.29 bits per heavy atom. The second-order valence-electron chi connectivity index (χ2n) is 1.12. The molecule has 1 N–H and O–H groups in total. The van der Waals surface area contributed by atoms with Gasteiger partial charge in [0.25, 0.3) is 4.52 Å². The van der Waals surface area contributed by atoms with Crippen molar-refractivity contribution >= 4 is 23.2 Å². The summed E-state index contributed by atoms with van der Waals surface area (Å²) in [5.41, 5.74) is 2.37. The molecule has 0 spiro atoms. The molecule has 0 unspecified atom stereocenters. The van der Waals surface area contributed by atoms with Gasteiger partial charge in [-0.25, -0.2) is 4.84 Å². The van der Waals surface area contributed by atoms with Gasteiger partial charge in [-0.15, -0.1) is 0 Å². The molecule has 2 nitrogen and oxygen atoms in total. The van der Waals surface area contributed by atoms with Gasteiger partial charge in [0.1, 0.15) is 0 Å². The normalized spacial score (nSPS) is 24.9. The third-order valence-electron chi connectivity index (χ3n) is 0.540. The molecule has 0 saturated carbocycles. The molecule has 0 aromatic rings. The summed E-state index contributed by atoms with van der Waals surface area (Å²) in [7, 11) is 0. The van der Waals surface area contributed by atoms with Gasteiger partial charge < -0.3 is 0 Å². The highest BCUT2D eigenvalue weighted by molar-refractivity contribution is 6.48. The van der Waals surface area contributed by atoms with E-state index in [2.05, 4.69) is 10.3 Å². The third kappa shape index (κ3) is 1.23. The van der Waals surface area contributed by atoms with Gasteiger partial charge in [0.05, 0.1) is 0 Å². The van der Waals surface area contributed by atoms with Crippen molar-refractivity contribution in [2.24, 2.45) is 0 Å². The number of hydrogen-bond acceptors (Lipinski definition) is 2. The molecule has 0 radical (unpaired) electrons. The Bertz CT molecular complexity index is 101. The number of nitrogens with one attached hydrogen (secondary N) is 1. The maximum Gasteiger partial charge on any atom is 0.262 e. The Kier molecular flexibility index (Phi) is 1.15. The van der Waals surface area contributed by atoms with E-state index in [0.29, 0.717) is 0 Å². The molecule has 1 aliphatic heterocycles. The third-order valence-corrected chi connectivity index (χ3v) is 0.947. The molecule has 0 aromatic carbocycles. The fourth-order valence-electron chi connectivity index (χ4n) is 0.278. The molecule has 0 saturated heterocycles. The molecule has 40 valence electrons. The van der Waals surface area contributed by atoms with Crippen molar-refractivity contribution in [2.75, 3.05) is 0 Å². The fourth-order valence-corrected chi connectivity index (χ4v) is 0.493. The van der Waals surface area contributed by atoms with Crippen molar-refractivity contribution in [3.63, 3.8) is 0 Å². The summed E-state index contributed by atoms with van der Waals surface area (Å²) in [4.78, 5) is 4.51. The van der Waals surface area contributed by atoms with Gasteiger partial charge in [0.2, 0.25) is 0 Å². The second kappa shape index (κ2) is 1.54. The Morgan fingerprint density at radius 1 is 1.57 bits per heavy atom. The molecule has 7 heavy (non-hydrogen) atoms. The minimum Gasteiger partial charge on any atom is -0.271 e. The van der Waals surface area contributed by atoms with Crippen LogP contribution in [0.3, 0.4) is 0 Å². The zero-order chi connectivity index (χ0) is 5.33. The predicted octanol–water partition coefficient (Wildman–Crippen LogP) is 1.17. The lowest BCUT2D eigenvalue weighted by molar-refractivity contribution is 0.0679. The van der Waals surface area contributed by atoms with Crippen LogP contribution in [0.5, 0.6) is 0 Å². The van der Waals surface area contributed by atoms with Crippen LogP contribution in [0.2, 0.25) is 0 Å². The summed E-state index contributed by atoms with van der Waals surface area (Å²) < 4.78 is -1.15. The predicted molar refractivity (Wildman–Crippen MR) is 27.8 cm³/mol. The Hall–Kier alpha value is 0.0800. The Morgan fingerprint density at radius 3 is 2.43 bits per heavy atom. The average Bonchev–Trinajstić information content (AvgIpc) is 1.84. The van der Waals surface area contributed by atoms with E-state index < -0.39 is 4.52 Å². The number of halogens is 2.